The molecule has 0 aliphatic heterocycles. The normalized spacial score (nSPS) is 12.2. The van der Waals surface area contributed by atoms with Crippen molar-refractivity contribution in [2.75, 3.05) is 6.61 Å². The van der Waals surface area contributed by atoms with Gasteiger partial charge in [0.05, 0.1) is 6.61 Å². The highest BCUT2D eigenvalue weighted by Gasteiger charge is 2.20. The number of halogens is 1. The zero-order valence-electron chi connectivity index (χ0n) is 11.9. The molecule has 0 unspecified atom stereocenters. The monoisotopic (exact) mass is 382 g/mol. The second kappa shape index (κ2) is 6.93. The number of amidine groups is 1. The summed E-state index contributed by atoms with van der Waals surface area (Å²) in [5.74, 6) is 0.179. The number of sulfonamides is 1. The number of hydrogen-bond donors (Lipinski definition) is 1. The van der Waals surface area contributed by atoms with Gasteiger partial charge in [0.1, 0.15) is 16.5 Å². The van der Waals surface area contributed by atoms with Crippen molar-refractivity contribution in [1.82, 2.24) is 0 Å². The van der Waals surface area contributed by atoms with Crippen LogP contribution in [0.3, 0.4) is 0 Å². The molecule has 0 heterocycles. The summed E-state index contributed by atoms with van der Waals surface area (Å²) in [5, 5.41) is 0. The number of nitrogens with two attached hydrogens (primary N) is 1. The van der Waals surface area contributed by atoms with Crippen LogP contribution in [0, 0.1) is 0 Å². The molecule has 0 aliphatic carbocycles. The van der Waals surface area contributed by atoms with Crippen molar-refractivity contribution < 1.29 is 13.2 Å². The summed E-state index contributed by atoms with van der Waals surface area (Å²) in [6, 6.07) is 13.4. The average Bonchev–Trinajstić information content (AvgIpc) is 2.49. The highest BCUT2D eigenvalue weighted by Crippen LogP contribution is 2.29. The van der Waals surface area contributed by atoms with Crippen LogP contribution >= 0.6 is 15.9 Å². The Morgan fingerprint density at radius 3 is 2.55 bits per heavy atom. The molecule has 0 radical (unpaired) electrons. The Morgan fingerprint density at radius 1 is 1.23 bits per heavy atom. The molecule has 0 atom stereocenters. The molecular formula is C15H15BrN2O3S. The maximum absolute atomic E-state index is 12.5. The topological polar surface area (TPSA) is 81.8 Å². The summed E-state index contributed by atoms with van der Waals surface area (Å²) in [4.78, 5) is -0.0254. The molecule has 2 rings (SSSR count). The molecule has 2 N–H and O–H groups in total. The second-order valence-corrected chi connectivity index (χ2v) is 6.83. The zero-order chi connectivity index (χ0) is 16.2. The minimum Gasteiger partial charge on any atom is -0.492 e. The van der Waals surface area contributed by atoms with E-state index in [4.69, 9.17) is 10.5 Å². The van der Waals surface area contributed by atoms with E-state index in [-0.39, 0.29) is 16.5 Å². The Kier molecular flexibility index (Phi) is 5.20. The SMILES string of the molecule is CCOc1ccc(Br)cc1S(=O)(=O)/N=C(\N)c1ccccc1. The lowest BCUT2D eigenvalue weighted by Crippen LogP contribution is -2.16. The molecule has 5 nitrogen and oxygen atoms in total. The maximum Gasteiger partial charge on any atom is 0.288 e. The van der Waals surface area contributed by atoms with Gasteiger partial charge in [0.2, 0.25) is 0 Å². The first-order valence-electron chi connectivity index (χ1n) is 6.52. The fraction of sp³-hybridized carbons (Fsp3) is 0.133. The number of nitrogens with zero attached hydrogens (tertiary/aromatic N) is 1. The third-order valence-electron chi connectivity index (χ3n) is 2.77. The van der Waals surface area contributed by atoms with E-state index in [2.05, 4.69) is 20.3 Å². The molecule has 2 aromatic carbocycles. The predicted octanol–water partition coefficient (Wildman–Crippen LogP) is 2.94. The van der Waals surface area contributed by atoms with Crippen LogP contribution in [0.5, 0.6) is 5.75 Å². The van der Waals surface area contributed by atoms with Gasteiger partial charge in [-0.25, -0.2) is 0 Å². The summed E-state index contributed by atoms with van der Waals surface area (Å²) < 4.78 is 34.7. The average molecular weight is 383 g/mol. The molecule has 0 amide bonds. The molecule has 0 saturated heterocycles. The summed E-state index contributed by atoms with van der Waals surface area (Å²) in [5.41, 5.74) is 6.34. The van der Waals surface area contributed by atoms with Crippen molar-refractivity contribution in [3.05, 3.63) is 58.6 Å². The Bertz CT molecular complexity index is 790. The highest BCUT2D eigenvalue weighted by atomic mass is 79.9. The van der Waals surface area contributed by atoms with Gasteiger partial charge in [-0.1, -0.05) is 46.3 Å². The van der Waals surface area contributed by atoms with Crippen LogP contribution in [0.15, 0.2) is 62.3 Å². The van der Waals surface area contributed by atoms with E-state index in [1.54, 1.807) is 43.3 Å². The molecule has 0 spiro atoms. The minimum atomic E-state index is -3.98. The predicted molar refractivity (Wildman–Crippen MR) is 89.7 cm³/mol. The van der Waals surface area contributed by atoms with Crippen LogP contribution in [-0.4, -0.2) is 20.9 Å². The van der Waals surface area contributed by atoms with Crippen LogP contribution in [0.25, 0.3) is 0 Å². The molecule has 0 aliphatic rings. The molecule has 116 valence electrons. The van der Waals surface area contributed by atoms with Crippen LogP contribution in [0.1, 0.15) is 12.5 Å². The van der Waals surface area contributed by atoms with Crippen LogP contribution in [-0.2, 0) is 10.0 Å². The lowest BCUT2D eigenvalue weighted by molar-refractivity contribution is 0.331. The maximum atomic E-state index is 12.5. The number of hydrogen-bond acceptors (Lipinski definition) is 3. The van der Waals surface area contributed by atoms with Gasteiger partial charge in [-0.2, -0.15) is 8.42 Å². The molecule has 0 aromatic heterocycles. The second-order valence-electron chi connectivity index (χ2n) is 4.34. The largest absolute Gasteiger partial charge is 0.492 e. The van der Waals surface area contributed by atoms with Crippen molar-refractivity contribution in [3.8, 4) is 5.75 Å². The first kappa shape index (κ1) is 16.5. The molecule has 0 saturated carbocycles. The van der Waals surface area contributed by atoms with Crippen molar-refractivity contribution in [2.24, 2.45) is 10.1 Å². The van der Waals surface area contributed by atoms with E-state index in [1.165, 1.54) is 6.07 Å². The first-order valence-corrected chi connectivity index (χ1v) is 8.75. The van der Waals surface area contributed by atoms with Crippen LogP contribution in [0.2, 0.25) is 0 Å². The first-order chi connectivity index (χ1) is 10.4. The lowest BCUT2D eigenvalue weighted by Gasteiger charge is -2.09. The number of benzene rings is 2. The van der Waals surface area contributed by atoms with Gasteiger partial charge in [0.25, 0.3) is 10.0 Å². The third kappa shape index (κ3) is 3.86. The summed E-state index contributed by atoms with van der Waals surface area (Å²) in [6.45, 7) is 2.13. The van der Waals surface area contributed by atoms with E-state index in [1.807, 2.05) is 6.07 Å². The minimum absolute atomic E-state index is 0.0254. The Balaban J connectivity index is 2.49. The molecule has 0 fully saturated rings. The molecular weight excluding hydrogens is 368 g/mol. The zero-order valence-corrected chi connectivity index (χ0v) is 14.3. The smallest absolute Gasteiger partial charge is 0.288 e. The number of ether oxygens (including phenoxy) is 1. The van der Waals surface area contributed by atoms with Gasteiger partial charge < -0.3 is 10.5 Å². The Hall–Kier alpha value is -1.86. The lowest BCUT2D eigenvalue weighted by atomic mass is 10.2. The van der Waals surface area contributed by atoms with E-state index in [9.17, 15) is 8.42 Å². The molecule has 7 heteroatoms. The highest BCUT2D eigenvalue weighted by molar-refractivity contribution is 9.10. The fourth-order valence-electron chi connectivity index (χ4n) is 1.80. The number of rotatable bonds is 5. The molecule has 22 heavy (non-hydrogen) atoms. The van der Waals surface area contributed by atoms with Crippen molar-refractivity contribution >= 4 is 31.8 Å². The van der Waals surface area contributed by atoms with Gasteiger partial charge >= 0.3 is 0 Å². The molecule has 0 bridgehead atoms. The van der Waals surface area contributed by atoms with Gasteiger partial charge in [-0.3, -0.25) is 0 Å². The van der Waals surface area contributed by atoms with E-state index < -0.39 is 10.0 Å². The summed E-state index contributed by atoms with van der Waals surface area (Å²) in [6.07, 6.45) is 0. The Morgan fingerprint density at radius 2 is 1.91 bits per heavy atom. The van der Waals surface area contributed by atoms with Gasteiger partial charge in [-0.05, 0) is 25.1 Å². The van der Waals surface area contributed by atoms with Crippen molar-refractivity contribution in [3.63, 3.8) is 0 Å². The van der Waals surface area contributed by atoms with Gasteiger partial charge in [-0.15, -0.1) is 4.40 Å². The van der Waals surface area contributed by atoms with Gasteiger partial charge in [0.15, 0.2) is 0 Å². The summed E-state index contributed by atoms with van der Waals surface area (Å²) >= 11 is 3.25. The Labute approximate surface area is 138 Å². The van der Waals surface area contributed by atoms with E-state index in [0.717, 1.165) is 0 Å². The van der Waals surface area contributed by atoms with E-state index in [0.29, 0.717) is 16.6 Å². The van der Waals surface area contributed by atoms with Gasteiger partial charge in [0, 0.05) is 10.0 Å². The quantitative estimate of drug-likeness (QED) is 0.636. The summed E-state index contributed by atoms with van der Waals surface area (Å²) in [7, 11) is -3.98. The van der Waals surface area contributed by atoms with Crippen LogP contribution in [0.4, 0.5) is 0 Å². The molecule has 2 aromatic rings. The van der Waals surface area contributed by atoms with E-state index >= 15 is 0 Å². The van der Waals surface area contributed by atoms with Crippen molar-refractivity contribution in [2.45, 2.75) is 11.8 Å². The van der Waals surface area contributed by atoms with Crippen LogP contribution < -0.4 is 10.5 Å². The third-order valence-corrected chi connectivity index (χ3v) is 4.58. The standard InChI is InChI=1S/C15H15BrN2O3S/c1-2-21-13-9-8-12(16)10-14(13)22(19,20)18-15(17)11-6-4-3-5-7-11/h3-10H,2H2,1H3,(H2,17,18). The van der Waals surface area contributed by atoms with Crippen molar-refractivity contribution in [1.29, 1.82) is 0 Å². The fourth-order valence-corrected chi connectivity index (χ4v) is 3.43.